The van der Waals surface area contributed by atoms with Crippen LogP contribution in [0.25, 0.3) is 6.08 Å². The molecule has 2 saturated heterocycles. The Bertz CT molecular complexity index is 1430. The van der Waals surface area contributed by atoms with Gasteiger partial charge in [0, 0.05) is 44.7 Å². The molecule has 2 fully saturated rings. The molecule has 7 nitrogen and oxygen atoms in total. The van der Waals surface area contributed by atoms with E-state index in [9.17, 15) is 14.4 Å². The summed E-state index contributed by atoms with van der Waals surface area (Å²) in [7, 11) is 1.60. The highest BCUT2D eigenvalue weighted by atomic mass is 32.2. The van der Waals surface area contributed by atoms with Crippen LogP contribution in [0.1, 0.15) is 27.9 Å². The number of methoxy groups -OCH3 is 1. The molecule has 2 aliphatic rings. The first kappa shape index (κ1) is 28.7. The van der Waals surface area contributed by atoms with Gasteiger partial charge >= 0.3 is 0 Å². The molecule has 0 N–H and O–H groups in total. The molecule has 41 heavy (non-hydrogen) atoms. The number of amides is 2. The topological polar surface area (TPSA) is 70.2 Å². The summed E-state index contributed by atoms with van der Waals surface area (Å²) in [4.78, 5) is 44.4. The van der Waals surface area contributed by atoms with Crippen molar-refractivity contribution in [3.05, 3.63) is 102 Å². The second kappa shape index (κ2) is 13.2. The maximum atomic E-state index is 13.2. The lowest BCUT2D eigenvalue weighted by molar-refractivity contribution is -0.121. The van der Waals surface area contributed by atoms with E-state index in [0.29, 0.717) is 15.6 Å². The second-order valence-electron chi connectivity index (χ2n) is 9.91. The summed E-state index contributed by atoms with van der Waals surface area (Å²) >= 11 is 6.98. The number of hydrogen-bond acceptors (Lipinski definition) is 7. The number of imide groups is 1. The molecule has 2 amide bonds. The number of carbonyl (C=O) groups is 3. The van der Waals surface area contributed by atoms with Crippen molar-refractivity contribution in [2.75, 3.05) is 38.2 Å². The lowest BCUT2D eigenvalue weighted by Gasteiger charge is -2.36. The first-order valence-corrected chi connectivity index (χ1v) is 14.8. The van der Waals surface area contributed by atoms with Gasteiger partial charge in [-0.3, -0.25) is 19.3 Å². The number of hydrogen-bond donors (Lipinski definition) is 0. The van der Waals surface area contributed by atoms with Crippen LogP contribution in [0.4, 0.5) is 5.69 Å². The lowest BCUT2D eigenvalue weighted by atomic mass is 10.1. The molecule has 5 rings (SSSR count). The van der Waals surface area contributed by atoms with E-state index in [1.807, 2.05) is 30.3 Å². The number of rotatable bonds is 8. The lowest BCUT2D eigenvalue weighted by Crippen LogP contribution is -2.47. The fourth-order valence-electron chi connectivity index (χ4n) is 4.85. The zero-order chi connectivity index (χ0) is 28.8. The molecule has 210 valence electrons. The number of allylic oxidation sites excluding steroid dienone is 1. The van der Waals surface area contributed by atoms with Gasteiger partial charge in [-0.05, 0) is 53.6 Å². The first-order chi connectivity index (χ1) is 19.9. The highest BCUT2D eigenvalue weighted by Gasteiger charge is 2.41. The van der Waals surface area contributed by atoms with Crippen LogP contribution in [0.5, 0.6) is 5.75 Å². The van der Waals surface area contributed by atoms with E-state index < -0.39 is 5.25 Å². The van der Waals surface area contributed by atoms with Gasteiger partial charge in [0.2, 0.25) is 11.8 Å². The van der Waals surface area contributed by atoms with Crippen molar-refractivity contribution in [3.8, 4) is 5.75 Å². The molecule has 2 heterocycles. The Labute approximate surface area is 249 Å². The Balaban J connectivity index is 1.14. The summed E-state index contributed by atoms with van der Waals surface area (Å²) in [6, 6.07) is 24.3. The summed E-state index contributed by atoms with van der Waals surface area (Å²) in [5.41, 5.74) is 3.09. The van der Waals surface area contributed by atoms with E-state index in [4.69, 9.17) is 17.0 Å². The maximum absolute atomic E-state index is 13.2. The predicted octanol–water partition coefficient (Wildman–Crippen LogP) is 5.06. The van der Waals surface area contributed by atoms with Crippen molar-refractivity contribution in [2.24, 2.45) is 0 Å². The van der Waals surface area contributed by atoms with Gasteiger partial charge in [-0.2, -0.15) is 0 Å². The van der Waals surface area contributed by atoms with Crippen LogP contribution < -0.4 is 9.64 Å². The molecule has 1 unspecified atom stereocenters. The number of piperazine rings is 1. The smallest absolute Gasteiger partial charge is 0.247 e. The average Bonchev–Trinajstić information content (AvgIpc) is 3.28. The van der Waals surface area contributed by atoms with Crippen LogP contribution in [0, 0.1) is 0 Å². The molecular formula is C32H31N3O4S2. The van der Waals surface area contributed by atoms with Gasteiger partial charge in [0.1, 0.15) is 15.3 Å². The Morgan fingerprint density at radius 1 is 0.951 bits per heavy atom. The third-order valence-electron chi connectivity index (χ3n) is 7.18. The Kier molecular flexibility index (Phi) is 9.28. The molecule has 0 aromatic heterocycles. The monoisotopic (exact) mass is 585 g/mol. The number of anilines is 1. The molecular weight excluding hydrogens is 555 g/mol. The van der Waals surface area contributed by atoms with Gasteiger partial charge in [0.05, 0.1) is 12.8 Å². The van der Waals surface area contributed by atoms with Gasteiger partial charge in [-0.25, -0.2) is 4.90 Å². The highest BCUT2D eigenvalue weighted by molar-refractivity contribution is 8.23. The zero-order valence-electron chi connectivity index (χ0n) is 22.8. The standard InChI is InChI=1S/C32H31N3O4S2/c1-39-27-14-7-23(8-15-27)9-16-28(36)25-10-12-26(13-11-25)35-30(37)21-29(31(35)38)41-32(40)34-19-17-33(18-20-34)22-24-5-3-2-4-6-24/h2-16,29H,17-22H2,1H3/b16-9+. The molecule has 9 heteroatoms. The molecule has 0 bridgehead atoms. The van der Waals surface area contributed by atoms with Crippen LogP contribution in [-0.4, -0.2) is 70.3 Å². The molecule has 2 aliphatic heterocycles. The van der Waals surface area contributed by atoms with Gasteiger partial charge in [-0.1, -0.05) is 72.5 Å². The summed E-state index contributed by atoms with van der Waals surface area (Å²) in [5.74, 6) is 0.0361. The van der Waals surface area contributed by atoms with Crippen molar-refractivity contribution in [3.63, 3.8) is 0 Å². The molecule has 0 saturated carbocycles. The normalized spacial score (nSPS) is 17.8. The van der Waals surface area contributed by atoms with Gasteiger partial charge < -0.3 is 9.64 Å². The van der Waals surface area contributed by atoms with Gasteiger partial charge in [0.25, 0.3) is 0 Å². The Morgan fingerprint density at radius 3 is 2.29 bits per heavy atom. The third kappa shape index (κ3) is 7.11. The number of nitrogens with zero attached hydrogens (tertiary/aromatic N) is 3. The minimum absolute atomic E-state index is 0.100. The Hall–Kier alpha value is -3.79. The van der Waals surface area contributed by atoms with Crippen LogP contribution in [-0.2, 0) is 16.1 Å². The van der Waals surface area contributed by atoms with E-state index in [2.05, 4.69) is 34.1 Å². The number of benzene rings is 3. The third-order valence-corrected chi connectivity index (χ3v) is 8.84. The number of thioether (sulfide) groups is 1. The van der Waals surface area contributed by atoms with Gasteiger partial charge in [-0.15, -0.1) is 0 Å². The van der Waals surface area contributed by atoms with Crippen molar-refractivity contribution in [2.45, 2.75) is 18.2 Å². The van der Waals surface area contributed by atoms with E-state index in [-0.39, 0.29) is 24.0 Å². The molecule has 0 spiro atoms. The summed E-state index contributed by atoms with van der Waals surface area (Å²) < 4.78 is 5.81. The van der Waals surface area contributed by atoms with Crippen LogP contribution in [0.3, 0.4) is 0 Å². The SMILES string of the molecule is COc1ccc(/C=C/C(=O)c2ccc(N3C(=O)CC(SC(=S)N4CCN(Cc5ccccc5)CC4)C3=O)cc2)cc1. The number of carbonyl (C=O) groups excluding carboxylic acids is 3. The van der Waals surface area contributed by atoms with E-state index in [0.717, 1.165) is 44.0 Å². The second-order valence-corrected chi connectivity index (χ2v) is 11.7. The van der Waals surface area contributed by atoms with E-state index >= 15 is 0 Å². The zero-order valence-corrected chi connectivity index (χ0v) is 24.4. The van der Waals surface area contributed by atoms with Crippen LogP contribution >= 0.6 is 24.0 Å². The van der Waals surface area contributed by atoms with Crippen molar-refractivity contribution < 1.29 is 19.1 Å². The number of ketones is 1. The predicted molar refractivity (Wildman–Crippen MR) is 167 cm³/mol. The average molecular weight is 586 g/mol. The molecule has 0 radical (unpaired) electrons. The van der Waals surface area contributed by atoms with Crippen molar-refractivity contribution >= 4 is 57.7 Å². The molecule has 3 aromatic rings. The quantitative estimate of drug-likeness (QED) is 0.157. The van der Waals surface area contributed by atoms with Crippen LogP contribution in [0.15, 0.2) is 84.9 Å². The van der Waals surface area contributed by atoms with Crippen molar-refractivity contribution in [1.82, 2.24) is 9.80 Å². The highest BCUT2D eigenvalue weighted by Crippen LogP contribution is 2.32. The summed E-state index contributed by atoms with van der Waals surface area (Å²) in [6.07, 6.45) is 3.33. The van der Waals surface area contributed by atoms with Crippen LogP contribution in [0.2, 0.25) is 0 Å². The molecule has 0 aliphatic carbocycles. The minimum atomic E-state index is -0.550. The minimum Gasteiger partial charge on any atom is -0.497 e. The summed E-state index contributed by atoms with van der Waals surface area (Å²) in [6.45, 7) is 4.26. The number of ether oxygens (including phenoxy) is 1. The first-order valence-electron chi connectivity index (χ1n) is 13.5. The van der Waals surface area contributed by atoms with Gasteiger partial charge in [0.15, 0.2) is 5.78 Å². The molecule has 1 atom stereocenters. The van der Waals surface area contributed by atoms with E-state index in [1.165, 1.54) is 28.3 Å². The maximum Gasteiger partial charge on any atom is 0.247 e. The largest absolute Gasteiger partial charge is 0.497 e. The fraction of sp³-hybridized carbons (Fsp3) is 0.250. The van der Waals surface area contributed by atoms with E-state index in [1.54, 1.807) is 37.5 Å². The number of thiocarbonyl (C=S) groups is 1. The molecule has 3 aromatic carbocycles. The fourth-order valence-corrected chi connectivity index (χ4v) is 6.39. The van der Waals surface area contributed by atoms with Crippen molar-refractivity contribution in [1.29, 1.82) is 0 Å². The Morgan fingerprint density at radius 2 is 1.63 bits per heavy atom. The summed E-state index contributed by atoms with van der Waals surface area (Å²) in [5, 5.41) is -0.550.